The summed E-state index contributed by atoms with van der Waals surface area (Å²) in [4.78, 5) is 49.0. The molecular weight excluding hydrogens is 298 g/mol. The molecule has 116 valence electrons. The van der Waals surface area contributed by atoms with E-state index in [1.807, 2.05) is 0 Å². The van der Waals surface area contributed by atoms with Crippen LogP contribution < -0.4 is 5.32 Å². The highest BCUT2D eigenvalue weighted by atomic mass is 32.2. The third kappa shape index (κ3) is 2.97. The van der Waals surface area contributed by atoms with Crippen LogP contribution in [-0.2, 0) is 14.4 Å². The maximum Gasteiger partial charge on any atom is 0.327 e. The Hall–Kier alpha value is -1.77. The van der Waals surface area contributed by atoms with E-state index in [2.05, 4.69) is 5.32 Å². The van der Waals surface area contributed by atoms with Crippen molar-refractivity contribution in [2.45, 2.75) is 31.8 Å². The molecule has 0 aliphatic carbocycles. The summed E-state index contributed by atoms with van der Waals surface area (Å²) in [7, 11) is 0. The number of imide groups is 1. The smallest absolute Gasteiger partial charge is 0.327 e. The quantitative estimate of drug-likeness (QED) is 0.689. The molecule has 2 aliphatic rings. The molecule has 21 heavy (non-hydrogen) atoms. The Kier molecular flexibility index (Phi) is 4.13. The van der Waals surface area contributed by atoms with Crippen LogP contribution in [0.25, 0.3) is 0 Å². The van der Waals surface area contributed by atoms with Crippen molar-refractivity contribution >= 4 is 35.6 Å². The Balaban J connectivity index is 1.94. The van der Waals surface area contributed by atoms with Crippen LogP contribution in [0.3, 0.4) is 0 Å². The molecule has 0 aromatic heterocycles. The fraction of sp³-hybridized carbons (Fsp3) is 0.667. The molecule has 0 aromatic rings. The number of carboxylic acids is 1. The molecule has 2 aliphatic heterocycles. The number of urea groups is 1. The lowest BCUT2D eigenvalue weighted by molar-refractivity contribution is -0.148. The number of hydrogen-bond acceptors (Lipinski definition) is 5. The van der Waals surface area contributed by atoms with Gasteiger partial charge in [0.1, 0.15) is 11.6 Å². The van der Waals surface area contributed by atoms with Crippen LogP contribution in [0.5, 0.6) is 0 Å². The first-order chi connectivity index (χ1) is 9.74. The van der Waals surface area contributed by atoms with Gasteiger partial charge in [-0.05, 0) is 13.8 Å². The molecular formula is C12H17N3O5S. The van der Waals surface area contributed by atoms with Crippen LogP contribution in [0, 0.1) is 0 Å². The summed E-state index contributed by atoms with van der Waals surface area (Å²) in [6, 6.07) is -1.36. The zero-order chi connectivity index (χ0) is 15.8. The van der Waals surface area contributed by atoms with Crippen LogP contribution in [0.4, 0.5) is 4.79 Å². The summed E-state index contributed by atoms with van der Waals surface area (Å²) in [5, 5.41) is 11.6. The van der Waals surface area contributed by atoms with Gasteiger partial charge in [-0.1, -0.05) is 0 Å². The van der Waals surface area contributed by atoms with E-state index in [1.54, 1.807) is 13.8 Å². The Morgan fingerprint density at radius 3 is 2.62 bits per heavy atom. The lowest BCUT2D eigenvalue weighted by Gasteiger charge is -2.22. The number of hydrogen-bond donors (Lipinski definition) is 2. The second-order valence-electron chi connectivity index (χ2n) is 5.48. The fourth-order valence-electron chi connectivity index (χ4n) is 2.27. The van der Waals surface area contributed by atoms with Crippen molar-refractivity contribution in [1.29, 1.82) is 0 Å². The van der Waals surface area contributed by atoms with Crippen molar-refractivity contribution in [2.75, 3.05) is 18.2 Å². The van der Waals surface area contributed by atoms with Crippen molar-refractivity contribution < 1.29 is 24.3 Å². The minimum atomic E-state index is -1.04. The molecule has 2 fully saturated rings. The van der Waals surface area contributed by atoms with E-state index < -0.39 is 23.6 Å². The summed E-state index contributed by atoms with van der Waals surface area (Å²) in [5.74, 6) is -1.10. The minimum absolute atomic E-state index is 0.0412. The van der Waals surface area contributed by atoms with Gasteiger partial charge in [-0.3, -0.25) is 14.5 Å². The summed E-state index contributed by atoms with van der Waals surface area (Å²) >= 11 is 1.37. The molecule has 0 radical (unpaired) electrons. The first-order valence-corrected chi connectivity index (χ1v) is 7.63. The van der Waals surface area contributed by atoms with E-state index in [1.165, 1.54) is 16.7 Å². The summed E-state index contributed by atoms with van der Waals surface area (Å²) in [6.45, 7) is 3.14. The number of carboxylic acid groups (broad SMARTS) is 1. The van der Waals surface area contributed by atoms with E-state index in [0.29, 0.717) is 11.6 Å². The first kappa shape index (κ1) is 15.6. The second kappa shape index (κ2) is 5.55. The molecule has 0 bridgehead atoms. The molecule has 0 saturated carbocycles. The monoisotopic (exact) mass is 315 g/mol. The molecule has 2 rings (SSSR count). The fourth-order valence-corrected chi connectivity index (χ4v) is 3.44. The van der Waals surface area contributed by atoms with Gasteiger partial charge in [-0.25, -0.2) is 9.59 Å². The van der Waals surface area contributed by atoms with Gasteiger partial charge in [0.05, 0.1) is 5.88 Å². The Labute approximate surface area is 125 Å². The third-order valence-corrected chi connectivity index (χ3v) is 4.49. The molecule has 2 saturated heterocycles. The highest BCUT2D eigenvalue weighted by Crippen LogP contribution is 2.22. The number of rotatable bonds is 4. The third-order valence-electron chi connectivity index (χ3n) is 3.48. The number of thioether (sulfide) groups is 1. The number of nitrogens with one attached hydrogen (secondary N) is 1. The first-order valence-electron chi connectivity index (χ1n) is 6.48. The van der Waals surface area contributed by atoms with Gasteiger partial charge in [0.15, 0.2) is 0 Å². The van der Waals surface area contributed by atoms with Crippen molar-refractivity contribution in [3.63, 3.8) is 0 Å². The molecule has 0 unspecified atom stereocenters. The van der Waals surface area contributed by atoms with Crippen LogP contribution in [-0.4, -0.2) is 68.5 Å². The van der Waals surface area contributed by atoms with Crippen molar-refractivity contribution in [3.05, 3.63) is 0 Å². The lowest BCUT2D eigenvalue weighted by atomic mass is 10.1. The second-order valence-corrected chi connectivity index (χ2v) is 6.48. The van der Waals surface area contributed by atoms with Gasteiger partial charge in [0.25, 0.3) is 5.91 Å². The average molecular weight is 315 g/mol. The van der Waals surface area contributed by atoms with Crippen LogP contribution in [0.15, 0.2) is 0 Å². The van der Waals surface area contributed by atoms with Gasteiger partial charge >= 0.3 is 12.0 Å². The molecule has 1 atom stereocenters. The highest BCUT2D eigenvalue weighted by molar-refractivity contribution is 7.99. The summed E-state index contributed by atoms with van der Waals surface area (Å²) < 4.78 is 0. The SMILES string of the molecule is CC1(C)NC(=O)N(CCC(=O)N2CSC[C@H]2C(=O)O)C1=O. The maximum absolute atomic E-state index is 12.1. The van der Waals surface area contributed by atoms with Gasteiger partial charge in [-0.2, -0.15) is 0 Å². The van der Waals surface area contributed by atoms with Gasteiger partial charge in [0, 0.05) is 18.7 Å². The van der Waals surface area contributed by atoms with E-state index in [4.69, 9.17) is 5.11 Å². The van der Waals surface area contributed by atoms with Gasteiger partial charge in [0.2, 0.25) is 5.91 Å². The van der Waals surface area contributed by atoms with Crippen molar-refractivity contribution in [3.8, 4) is 0 Å². The van der Waals surface area contributed by atoms with Gasteiger partial charge < -0.3 is 15.3 Å². The molecule has 8 nitrogen and oxygen atoms in total. The molecule has 2 heterocycles. The molecule has 0 spiro atoms. The zero-order valence-electron chi connectivity index (χ0n) is 11.8. The van der Waals surface area contributed by atoms with Gasteiger partial charge in [-0.15, -0.1) is 11.8 Å². The predicted molar refractivity (Wildman–Crippen MR) is 74.5 cm³/mol. The normalized spacial score (nSPS) is 24.4. The minimum Gasteiger partial charge on any atom is -0.480 e. The maximum atomic E-state index is 12.1. The number of carbonyl (C=O) groups is 4. The van der Waals surface area contributed by atoms with Crippen molar-refractivity contribution in [2.24, 2.45) is 0 Å². The van der Waals surface area contributed by atoms with Crippen molar-refractivity contribution in [1.82, 2.24) is 15.1 Å². The number of aliphatic carboxylic acids is 1. The average Bonchev–Trinajstić information content (AvgIpc) is 2.93. The molecule has 2 N–H and O–H groups in total. The Bertz CT molecular complexity index is 507. The van der Waals surface area contributed by atoms with Crippen LogP contribution in [0.2, 0.25) is 0 Å². The Morgan fingerprint density at radius 1 is 1.43 bits per heavy atom. The Morgan fingerprint density at radius 2 is 2.10 bits per heavy atom. The van der Waals surface area contributed by atoms with E-state index in [0.717, 1.165) is 4.90 Å². The number of carbonyl (C=O) groups excluding carboxylic acids is 3. The molecule has 9 heteroatoms. The molecule has 4 amide bonds. The van der Waals surface area contributed by atoms with E-state index in [9.17, 15) is 19.2 Å². The van der Waals surface area contributed by atoms with E-state index >= 15 is 0 Å². The van der Waals surface area contributed by atoms with E-state index in [-0.39, 0.29) is 24.8 Å². The summed E-state index contributed by atoms with van der Waals surface area (Å²) in [5.41, 5.74) is -0.965. The van der Waals surface area contributed by atoms with Crippen LogP contribution >= 0.6 is 11.8 Å². The topological polar surface area (TPSA) is 107 Å². The standard InChI is InChI=1S/C12H17N3O5S/c1-12(2)10(19)14(11(20)13-12)4-3-8(16)15-6-21-5-7(15)9(17)18/h7H,3-6H2,1-2H3,(H,13,20)(H,17,18)/t7-/m0/s1. The predicted octanol–water partition coefficient (Wildman–Crippen LogP) is -0.307. The summed E-state index contributed by atoms with van der Waals surface area (Å²) in [6.07, 6.45) is -0.0699. The number of amides is 4. The van der Waals surface area contributed by atoms with Crippen LogP contribution in [0.1, 0.15) is 20.3 Å². The highest BCUT2D eigenvalue weighted by Gasteiger charge is 2.44. The largest absolute Gasteiger partial charge is 0.480 e. The zero-order valence-corrected chi connectivity index (χ0v) is 12.6. The number of nitrogens with zero attached hydrogens (tertiary/aromatic N) is 2. The molecule has 0 aromatic carbocycles. The lowest BCUT2D eigenvalue weighted by Crippen LogP contribution is -2.44.